The van der Waals surface area contributed by atoms with Crippen LogP contribution in [0.1, 0.15) is 21.8 Å². The standard InChI is InChI=1S/C17H15FN4O4S/c18-14-5-3-12(4-6-14)11-27(24,25)17-22-21-15(26-17)7-9-20-16(23)13-2-1-8-19-10-13/h1-6,8,10H,7,9,11H2,(H,20,23). The Morgan fingerprint density at radius 3 is 2.63 bits per heavy atom. The molecule has 0 unspecified atom stereocenters. The fourth-order valence-electron chi connectivity index (χ4n) is 2.21. The molecule has 8 nitrogen and oxygen atoms in total. The van der Waals surface area contributed by atoms with Crippen molar-refractivity contribution in [2.45, 2.75) is 17.4 Å². The lowest BCUT2D eigenvalue weighted by molar-refractivity contribution is 0.0953. The highest BCUT2D eigenvalue weighted by atomic mass is 32.2. The van der Waals surface area contributed by atoms with E-state index in [1.165, 1.54) is 30.5 Å². The lowest BCUT2D eigenvalue weighted by Crippen LogP contribution is -2.25. The van der Waals surface area contributed by atoms with Gasteiger partial charge in [0.25, 0.3) is 5.91 Å². The second-order valence-electron chi connectivity index (χ2n) is 5.59. The van der Waals surface area contributed by atoms with E-state index in [4.69, 9.17) is 4.42 Å². The number of hydrogen-bond donors (Lipinski definition) is 1. The highest BCUT2D eigenvalue weighted by Gasteiger charge is 2.23. The third-order valence-electron chi connectivity index (χ3n) is 3.53. The second kappa shape index (κ2) is 8.04. The number of rotatable bonds is 7. The lowest BCUT2D eigenvalue weighted by atomic mass is 10.2. The molecule has 1 aromatic carbocycles. The largest absolute Gasteiger partial charge is 0.412 e. The highest BCUT2D eigenvalue weighted by molar-refractivity contribution is 7.90. The zero-order valence-corrected chi connectivity index (χ0v) is 14.8. The topological polar surface area (TPSA) is 115 Å². The van der Waals surface area contributed by atoms with E-state index in [1.54, 1.807) is 18.3 Å². The van der Waals surface area contributed by atoms with Gasteiger partial charge in [0.15, 0.2) is 0 Å². The Hall–Kier alpha value is -3.14. The quantitative estimate of drug-likeness (QED) is 0.651. The van der Waals surface area contributed by atoms with E-state index in [-0.39, 0.29) is 30.5 Å². The van der Waals surface area contributed by atoms with Crippen LogP contribution in [0.5, 0.6) is 0 Å². The van der Waals surface area contributed by atoms with E-state index in [0.717, 1.165) is 0 Å². The molecule has 0 atom stereocenters. The van der Waals surface area contributed by atoms with E-state index >= 15 is 0 Å². The van der Waals surface area contributed by atoms with Gasteiger partial charge in [0.2, 0.25) is 15.7 Å². The summed E-state index contributed by atoms with van der Waals surface area (Å²) in [5, 5.41) is 9.38. The zero-order chi connectivity index (χ0) is 19.3. The molecule has 1 N–H and O–H groups in total. The molecule has 0 saturated heterocycles. The summed E-state index contributed by atoms with van der Waals surface area (Å²) in [5.74, 6) is -1.07. The number of sulfone groups is 1. The summed E-state index contributed by atoms with van der Waals surface area (Å²) in [5.41, 5.74) is 0.811. The Morgan fingerprint density at radius 2 is 1.93 bits per heavy atom. The van der Waals surface area contributed by atoms with Gasteiger partial charge in [-0.1, -0.05) is 17.2 Å². The number of pyridine rings is 1. The second-order valence-corrected chi connectivity index (χ2v) is 7.46. The van der Waals surface area contributed by atoms with Gasteiger partial charge in [-0.15, -0.1) is 5.10 Å². The molecule has 2 heterocycles. The van der Waals surface area contributed by atoms with Crippen molar-refractivity contribution < 1.29 is 22.0 Å². The van der Waals surface area contributed by atoms with Crippen molar-refractivity contribution in [1.82, 2.24) is 20.5 Å². The van der Waals surface area contributed by atoms with Crippen molar-refractivity contribution in [3.05, 3.63) is 71.6 Å². The third-order valence-corrected chi connectivity index (χ3v) is 4.94. The summed E-state index contributed by atoms with van der Waals surface area (Å²) in [7, 11) is -3.85. The number of carbonyl (C=O) groups excluding carboxylic acids is 1. The van der Waals surface area contributed by atoms with E-state index < -0.39 is 20.9 Å². The molecule has 0 radical (unpaired) electrons. The van der Waals surface area contributed by atoms with Crippen LogP contribution in [-0.2, 0) is 22.0 Å². The summed E-state index contributed by atoms with van der Waals surface area (Å²) in [6, 6.07) is 8.36. The molecular weight excluding hydrogens is 375 g/mol. The van der Waals surface area contributed by atoms with E-state index in [1.807, 2.05) is 0 Å². The number of aromatic nitrogens is 3. The maximum Gasteiger partial charge on any atom is 0.335 e. The molecule has 140 valence electrons. The molecule has 0 aliphatic rings. The van der Waals surface area contributed by atoms with Crippen molar-refractivity contribution >= 4 is 15.7 Å². The molecule has 3 aromatic rings. The first-order valence-corrected chi connectivity index (χ1v) is 9.57. The Labute approximate surface area is 154 Å². The first kappa shape index (κ1) is 18.6. The van der Waals surface area contributed by atoms with Crippen LogP contribution in [-0.4, -0.2) is 36.1 Å². The zero-order valence-electron chi connectivity index (χ0n) is 14.0. The van der Waals surface area contributed by atoms with Gasteiger partial charge in [-0.2, -0.15) is 0 Å². The van der Waals surface area contributed by atoms with Gasteiger partial charge in [0, 0.05) is 25.4 Å². The fourth-order valence-corrected chi connectivity index (χ4v) is 3.35. The van der Waals surface area contributed by atoms with Crippen molar-refractivity contribution in [2.75, 3.05) is 6.54 Å². The average molecular weight is 390 g/mol. The van der Waals surface area contributed by atoms with Crippen molar-refractivity contribution in [3.63, 3.8) is 0 Å². The van der Waals surface area contributed by atoms with E-state index in [0.29, 0.717) is 11.1 Å². The first-order chi connectivity index (χ1) is 12.9. The van der Waals surface area contributed by atoms with Gasteiger partial charge in [-0.3, -0.25) is 9.78 Å². The highest BCUT2D eigenvalue weighted by Crippen LogP contribution is 2.16. The van der Waals surface area contributed by atoms with Gasteiger partial charge in [0.1, 0.15) is 5.82 Å². The van der Waals surface area contributed by atoms with Gasteiger partial charge < -0.3 is 9.73 Å². The van der Waals surface area contributed by atoms with Crippen molar-refractivity contribution in [2.24, 2.45) is 0 Å². The van der Waals surface area contributed by atoms with E-state index in [2.05, 4.69) is 20.5 Å². The molecule has 0 bridgehead atoms. The molecular formula is C17H15FN4O4S. The van der Waals surface area contributed by atoms with Crippen LogP contribution < -0.4 is 5.32 Å². The SMILES string of the molecule is O=C(NCCc1nnc(S(=O)(=O)Cc2ccc(F)cc2)o1)c1cccnc1. The van der Waals surface area contributed by atoms with Gasteiger partial charge in [-0.05, 0) is 29.8 Å². The number of amides is 1. The van der Waals surface area contributed by atoms with Crippen LogP contribution >= 0.6 is 0 Å². The molecule has 0 fully saturated rings. The summed E-state index contributed by atoms with van der Waals surface area (Å²) in [6.45, 7) is 0.188. The Kier molecular flexibility index (Phi) is 5.55. The molecule has 2 aromatic heterocycles. The maximum absolute atomic E-state index is 12.9. The molecule has 27 heavy (non-hydrogen) atoms. The predicted octanol–water partition coefficient (Wildman–Crippen LogP) is 1.55. The summed E-state index contributed by atoms with van der Waals surface area (Å²) < 4.78 is 42.7. The lowest BCUT2D eigenvalue weighted by Gasteiger charge is -2.02. The van der Waals surface area contributed by atoms with Crippen LogP contribution in [0.4, 0.5) is 4.39 Å². The first-order valence-electron chi connectivity index (χ1n) is 7.92. The minimum atomic E-state index is -3.85. The van der Waals surface area contributed by atoms with Gasteiger partial charge in [0.05, 0.1) is 11.3 Å². The normalized spacial score (nSPS) is 11.3. The van der Waals surface area contributed by atoms with Crippen LogP contribution in [0.2, 0.25) is 0 Å². The average Bonchev–Trinajstić information content (AvgIpc) is 3.14. The molecule has 3 rings (SSSR count). The predicted molar refractivity (Wildman–Crippen MR) is 91.9 cm³/mol. The van der Waals surface area contributed by atoms with Gasteiger partial charge in [-0.25, -0.2) is 12.8 Å². The fraction of sp³-hybridized carbons (Fsp3) is 0.176. The van der Waals surface area contributed by atoms with Crippen LogP contribution in [0.15, 0.2) is 58.4 Å². The molecule has 0 saturated carbocycles. The van der Waals surface area contributed by atoms with Crippen molar-refractivity contribution in [1.29, 1.82) is 0 Å². The number of nitrogens with one attached hydrogen (secondary N) is 1. The molecule has 0 aliphatic carbocycles. The van der Waals surface area contributed by atoms with Crippen LogP contribution in [0.25, 0.3) is 0 Å². The van der Waals surface area contributed by atoms with Crippen LogP contribution in [0.3, 0.4) is 0 Å². The number of halogens is 1. The Bertz CT molecular complexity index is 1020. The summed E-state index contributed by atoms with van der Waals surface area (Å²) >= 11 is 0. The number of carbonyl (C=O) groups is 1. The number of hydrogen-bond acceptors (Lipinski definition) is 7. The molecule has 1 amide bonds. The molecule has 0 aliphatic heterocycles. The third kappa shape index (κ3) is 4.94. The molecule has 10 heteroatoms. The summed E-state index contributed by atoms with van der Waals surface area (Å²) in [6.07, 6.45) is 3.16. The Morgan fingerprint density at radius 1 is 1.15 bits per heavy atom. The van der Waals surface area contributed by atoms with Crippen molar-refractivity contribution in [3.8, 4) is 0 Å². The monoisotopic (exact) mass is 390 g/mol. The van der Waals surface area contributed by atoms with E-state index in [9.17, 15) is 17.6 Å². The van der Waals surface area contributed by atoms with Gasteiger partial charge >= 0.3 is 5.22 Å². The maximum atomic E-state index is 12.9. The number of benzene rings is 1. The Balaban J connectivity index is 1.57. The smallest absolute Gasteiger partial charge is 0.335 e. The number of nitrogens with zero attached hydrogens (tertiary/aromatic N) is 3. The minimum absolute atomic E-state index is 0.0826. The van der Waals surface area contributed by atoms with Crippen LogP contribution in [0, 0.1) is 5.82 Å². The summed E-state index contributed by atoms with van der Waals surface area (Å²) in [4.78, 5) is 15.7. The minimum Gasteiger partial charge on any atom is -0.412 e. The molecule has 0 spiro atoms.